The summed E-state index contributed by atoms with van der Waals surface area (Å²) in [4.78, 5) is 12.4. The van der Waals surface area contributed by atoms with Gasteiger partial charge in [0.2, 0.25) is 0 Å². The van der Waals surface area contributed by atoms with Gasteiger partial charge in [-0.25, -0.2) is 0 Å². The van der Waals surface area contributed by atoms with Gasteiger partial charge in [0.05, 0.1) is 18.6 Å². The lowest BCUT2D eigenvalue weighted by molar-refractivity contribution is 0.0721. The van der Waals surface area contributed by atoms with E-state index in [1.807, 2.05) is 33.8 Å². The van der Waals surface area contributed by atoms with Gasteiger partial charge < -0.3 is 9.84 Å². The van der Waals surface area contributed by atoms with Gasteiger partial charge in [-0.2, -0.15) is 0 Å². The molecule has 0 bridgehead atoms. The van der Waals surface area contributed by atoms with Crippen molar-refractivity contribution in [3.63, 3.8) is 0 Å². The van der Waals surface area contributed by atoms with Crippen LogP contribution in [-0.2, 0) is 6.42 Å². The van der Waals surface area contributed by atoms with Gasteiger partial charge in [0.1, 0.15) is 5.75 Å². The topological polar surface area (TPSA) is 46.5 Å². The predicted molar refractivity (Wildman–Crippen MR) is 70.3 cm³/mol. The third-order valence-electron chi connectivity index (χ3n) is 3.78. The molecule has 3 heteroatoms. The Kier molecular flexibility index (Phi) is 3.20. The molecule has 0 saturated heterocycles. The van der Waals surface area contributed by atoms with Crippen LogP contribution in [0.3, 0.4) is 0 Å². The molecule has 0 aliphatic heterocycles. The first-order valence-electron chi connectivity index (χ1n) is 6.36. The molecule has 18 heavy (non-hydrogen) atoms. The Morgan fingerprint density at radius 3 is 2.67 bits per heavy atom. The van der Waals surface area contributed by atoms with E-state index < -0.39 is 5.41 Å². The second-order valence-electron chi connectivity index (χ2n) is 5.34. The average molecular weight is 248 g/mol. The Bertz CT molecular complexity index is 505. The van der Waals surface area contributed by atoms with Crippen LogP contribution in [0.15, 0.2) is 6.07 Å². The quantitative estimate of drug-likeness (QED) is 0.893. The fourth-order valence-corrected chi connectivity index (χ4v) is 2.80. The van der Waals surface area contributed by atoms with E-state index in [1.54, 1.807) is 0 Å². The number of carbonyl (C=O) groups is 1. The highest BCUT2D eigenvalue weighted by Crippen LogP contribution is 2.41. The van der Waals surface area contributed by atoms with Gasteiger partial charge in [-0.15, -0.1) is 0 Å². The van der Waals surface area contributed by atoms with Crippen LogP contribution in [-0.4, -0.2) is 24.1 Å². The van der Waals surface area contributed by atoms with Crippen LogP contribution in [0.5, 0.6) is 5.75 Å². The Hall–Kier alpha value is -1.35. The number of Topliss-reactive ketones (excluding diaryl/α,β-unsaturated/α-hetero) is 1. The van der Waals surface area contributed by atoms with Gasteiger partial charge in [-0.05, 0) is 45.2 Å². The van der Waals surface area contributed by atoms with Gasteiger partial charge in [0.25, 0.3) is 0 Å². The molecule has 1 aliphatic carbocycles. The highest BCUT2D eigenvalue weighted by Gasteiger charge is 2.42. The molecule has 0 saturated carbocycles. The Morgan fingerprint density at radius 2 is 2.11 bits per heavy atom. The fourth-order valence-electron chi connectivity index (χ4n) is 2.80. The first-order chi connectivity index (χ1) is 8.44. The molecule has 0 aromatic heterocycles. The van der Waals surface area contributed by atoms with E-state index in [0.29, 0.717) is 13.0 Å². The number of rotatable bonds is 3. The van der Waals surface area contributed by atoms with E-state index in [2.05, 4.69) is 0 Å². The minimum absolute atomic E-state index is 0.0402. The molecule has 3 nitrogen and oxygen atoms in total. The van der Waals surface area contributed by atoms with Gasteiger partial charge in [0.15, 0.2) is 5.78 Å². The van der Waals surface area contributed by atoms with Crippen molar-refractivity contribution in [1.82, 2.24) is 0 Å². The molecule has 98 valence electrons. The van der Waals surface area contributed by atoms with E-state index in [1.165, 1.54) is 0 Å². The highest BCUT2D eigenvalue weighted by molar-refractivity contribution is 6.06. The molecule has 0 spiro atoms. The monoisotopic (exact) mass is 248 g/mol. The molecule has 1 aromatic carbocycles. The molecule has 1 aliphatic rings. The van der Waals surface area contributed by atoms with E-state index in [0.717, 1.165) is 28.0 Å². The number of hydrogen-bond acceptors (Lipinski definition) is 3. The molecule has 2 rings (SSSR count). The summed E-state index contributed by atoms with van der Waals surface area (Å²) < 4.78 is 5.63. The van der Waals surface area contributed by atoms with Crippen LogP contribution in [0.2, 0.25) is 0 Å². The van der Waals surface area contributed by atoms with E-state index in [-0.39, 0.29) is 12.4 Å². The standard InChI is InChI=1S/C15H20O3/c1-5-18-13-9(2)6-11-7-15(4,8-16)14(17)12(11)10(13)3/h6,16H,5,7-8H2,1-4H3. The summed E-state index contributed by atoms with van der Waals surface area (Å²) >= 11 is 0. The number of fused-ring (bicyclic) bond motifs is 1. The lowest BCUT2D eigenvalue weighted by atomic mass is 9.87. The maximum atomic E-state index is 12.4. The van der Waals surface area contributed by atoms with Crippen molar-refractivity contribution in [3.05, 3.63) is 28.3 Å². The largest absolute Gasteiger partial charge is 0.493 e. The van der Waals surface area contributed by atoms with E-state index in [4.69, 9.17) is 4.74 Å². The van der Waals surface area contributed by atoms with Gasteiger partial charge in [-0.3, -0.25) is 4.79 Å². The van der Waals surface area contributed by atoms with Crippen LogP contribution in [0.4, 0.5) is 0 Å². The summed E-state index contributed by atoms with van der Waals surface area (Å²) in [7, 11) is 0. The number of aliphatic hydroxyl groups is 1. The average Bonchev–Trinajstić information content (AvgIpc) is 2.58. The zero-order valence-electron chi connectivity index (χ0n) is 11.5. The van der Waals surface area contributed by atoms with Crippen molar-refractivity contribution in [2.45, 2.75) is 34.1 Å². The lowest BCUT2D eigenvalue weighted by Crippen LogP contribution is -2.28. The van der Waals surface area contributed by atoms with Crippen molar-refractivity contribution >= 4 is 5.78 Å². The van der Waals surface area contributed by atoms with Crippen molar-refractivity contribution < 1.29 is 14.6 Å². The number of aliphatic hydroxyl groups excluding tert-OH is 1. The second-order valence-corrected chi connectivity index (χ2v) is 5.34. The minimum atomic E-state index is -0.662. The summed E-state index contributed by atoms with van der Waals surface area (Å²) in [6.45, 7) is 8.17. The Balaban J connectivity index is 2.59. The van der Waals surface area contributed by atoms with Crippen LogP contribution in [0.25, 0.3) is 0 Å². The summed E-state index contributed by atoms with van der Waals surface area (Å²) in [6.07, 6.45) is 0.617. The molecular formula is C15H20O3. The number of hydrogen-bond donors (Lipinski definition) is 1. The van der Waals surface area contributed by atoms with Crippen LogP contribution < -0.4 is 4.74 Å². The Morgan fingerprint density at radius 1 is 1.44 bits per heavy atom. The van der Waals surface area contributed by atoms with Crippen LogP contribution in [0.1, 0.15) is 40.9 Å². The highest BCUT2D eigenvalue weighted by atomic mass is 16.5. The van der Waals surface area contributed by atoms with Gasteiger partial charge >= 0.3 is 0 Å². The molecule has 0 amide bonds. The molecule has 0 heterocycles. The number of benzene rings is 1. The minimum Gasteiger partial charge on any atom is -0.493 e. The smallest absolute Gasteiger partial charge is 0.172 e. The van der Waals surface area contributed by atoms with Crippen molar-refractivity contribution in [2.24, 2.45) is 5.41 Å². The van der Waals surface area contributed by atoms with Crippen molar-refractivity contribution in [1.29, 1.82) is 0 Å². The normalized spacial score (nSPS) is 22.2. The molecule has 1 unspecified atom stereocenters. The van der Waals surface area contributed by atoms with Crippen molar-refractivity contribution in [2.75, 3.05) is 13.2 Å². The van der Waals surface area contributed by atoms with Crippen LogP contribution >= 0.6 is 0 Å². The van der Waals surface area contributed by atoms with E-state index in [9.17, 15) is 9.90 Å². The second kappa shape index (κ2) is 4.39. The zero-order valence-corrected chi connectivity index (χ0v) is 11.5. The Labute approximate surface area is 108 Å². The summed E-state index contributed by atoms with van der Waals surface area (Å²) in [5.74, 6) is 0.852. The third-order valence-corrected chi connectivity index (χ3v) is 3.78. The summed E-state index contributed by atoms with van der Waals surface area (Å²) in [5.41, 5.74) is 3.09. The fraction of sp³-hybridized carbons (Fsp3) is 0.533. The number of ketones is 1. The molecule has 1 aromatic rings. The molecule has 0 radical (unpaired) electrons. The zero-order chi connectivity index (χ0) is 13.5. The molecule has 1 N–H and O–H groups in total. The number of aryl methyl sites for hydroxylation is 1. The van der Waals surface area contributed by atoms with Gasteiger partial charge in [0, 0.05) is 11.1 Å². The van der Waals surface area contributed by atoms with E-state index >= 15 is 0 Å². The maximum Gasteiger partial charge on any atom is 0.172 e. The summed E-state index contributed by atoms with van der Waals surface area (Å²) in [6, 6.07) is 2.02. The lowest BCUT2D eigenvalue weighted by Gasteiger charge is -2.17. The molecular weight excluding hydrogens is 228 g/mol. The molecule has 0 fully saturated rings. The van der Waals surface area contributed by atoms with Gasteiger partial charge in [-0.1, -0.05) is 6.07 Å². The first kappa shape index (κ1) is 13.1. The molecule has 1 atom stereocenters. The summed E-state index contributed by atoms with van der Waals surface area (Å²) in [5, 5.41) is 9.45. The first-order valence-corrected chi connectivity index (χ1v) is 6.36. The number of ether oxygens (including phenoxy) is 1. The van der Waals surface area contributed by atoms with Crippen molar-refractivity contribution in [3.8, 4) is 5.75 Å². The predicted octanol–water partition coefficient (Wildman–Crippen LogP) is 2.44. The maximum absolute atomic E-state index is 12.4. The van der Waals surface area contributed by atoms with Crippen LogP contribution in [0, 0.1) is 19.3 Å². The third kappa shape index (κ3) is 1.74. The SMILES string of the molecule is CCOc1c(C)cc2c(c1C)C(=O)C(C)(CO)C2. The number of carbonyl (C=O) groups excluding carboxylic acids is 1.